The third-order valence-electron chi connectivity index (χ3n) is 2.90. The number of nitrogens with one attached hydrogen (secondary N) is 1. The van der Waals surface area contributed by atoms with Gasteiger partial charge in [0.05, 0.1) is 11.0 Å². The lowest BCUT2D eigenvalue weighted by Crippen LogP contribution is -2.57. The van der Waals surface area contributed by atoms with Crippen LogP contribution in [0.25, 0.3) is 0 Å². The average Bonchev–Trinajstić information content (AvgIpc) is 2.42. The summed E-state index contributed by atoms with van der Waals surface area (Å²) < 4.78 is 6.03. The number of nitrogens with zero attached hydrogens (tertiary/aromatic N) is 1. The molecule has 0 saturated heterocycles. The second-order valence-electron chi connectivity index (χ2n) is 4.81. The Balaban J connectivity index is 2.85. The van der Waals surface area contributed by atoms with E-state index in [-0.39, 0.29) is 12.3 Å². The molecule has 1 rings (SSSR count). The van der Waals surface area contributed by atoms with E-state index >= 15 is 0 Å². The molecule has 1 aromatic carbocycles. The molecular formula is C13H18BrN3O4. The highest BCUT2D eigenvalue weighted by molar-refractivity contribution is 9.10. The van der Waals surface area contributed by atoms with E-state index < -0.39 is 16.4 Å². The van der Waals surface area contributed by atoms with E-state index in [4.69, 9.17) is 10.5 Å². The third kappa shape index (κ3) is 4.98. The van der Waals surface area contributed by atoms with Gasteiger partial charge < -0.3 is 15.8 Å². The first kappa shape index (κ1) is 17.4. The minimum absolute atomic E-state index is 0.0179. The lowest BCUT2D eigenvalue weighted by molar-refractivity contribution is -0.385. The molecule has 0 saturated carbocycles. The molecule has 1 aromatic rings. The minimum Gasteiger partial charge on any atom is -0.491 e. The summed E-state index contributed by atoms with van der Waals surface area (Å²) in [5, 5.41) is 13.8. The number of benzene rings is 1. The number of primary amides is 1. The summed E-state index contributed by atoms with van der Waals surface area (Å²) in [5.41, 5.74) is 4.25. The Morgan fingerprint density at radius 2 is 2.19 bits per heavy atom. The molecule has 0 aliphatic heterocycles. The molecular weight excluding hydrogens is 342 g/mol. The van der Waals surface area contributed by atoms with Gasteiger partial charge in [-0.1, -0.05) is 22.9 Å². The summed E-state index contributed by atoms with van der Waals surface area (Å²) in [6.07, 6.45) is 0.839. The lowest BCUT2D eigenvalue weighted by atomic mass is 10.0. The monoisotopic (exact) mass is 359 g/mol. The summed E-state index contributed by atoms with van der Waals surface area (Å²) in [4.78, 5) is 21.8. The molecule has 0 aliphatic carbocycles. The maximum atomic E-state index is 11.6. The molecule has 1 unspecified atom stereocenters. The van der Waals surface area contributed by atoms with Crippen LogP contribution in [-0.2, 0) is 4.79 Å². The molecule has 0 aliphatic rings. The van der Waals surface area contributed by atoms with Crippen molar-refractivity contribution in [3.63, 3.8) is 0 Å². The molecule has 1 atom stereocenters. The topological polar surface area (TPSA) is 107 Å². The van der Waals surface area contributed by atoms with Crippen LogP contribution in [0.15, 0.2) is 22.7 Å². The zero-order valence-corrected chi connectivity index (χ0v) is 13.5. The van der Waals surface area contributed by atoms with Gasteiger partial charge in [-0.3, -0.25) is 14.9 Å². The van der Waals surface area contributed by atoms with Crippen LogP contribution in [0.2, 0.25) is 0 Å². The van der Waals surface area contributed by atoms with Crippen molar-refractivity contribution >= 4 is 27.5 Å². The highest BCUT2D eigenvalue weighted by Gasteiger charge is 2.31. The number of rotatable bonds is 8. The maximum absolute atomic E-state index is 11.6. The molecule has 0 aromatic heterocycles. The van der Waals surface area contributed by atoms with Crippen molar-refractivity contribution in [3.05, 3.63) is 32.8 Å². The minimum atomic E-state index is -1.03. The van der Waals surface area contributed by atoms with Crippen LogP contribution in [0, 0.1) is 10.1 Å². The Hall–Kier alpha value is -1.67. The largest absolute Gasteiger partial charge is 0.491 e. The molecule has 3 N–H and O–H groups in total. The van der Waals surface area contributed by atoms with E-state index in [0.29, 0.717) is 16.8 Å². The van der Waals surface area contributed by atoms with Gasteiger partial charge in [0.2, 0.25) is 5.91 Å². The quantitative estimate of drug-likeness (QED) is 0.544. The van der Waals surface area contributed by atoms with E-state index in [0.717, 1.165) is 6.42 Å². The molecule has 116 valence electrons. The van der Waals surface area contributed by atoms with Crippen LogP contribution in [0.1, 0.15) is 20.3 Å². The molecule has 0 fully saturated rings. The molecule has 0 bridgehead atoms. The van der Waals surface area contributed by atoms with Gasteiger partial charge in [0.25, 0.3) is 5.69 Å². The summed E-state index contributed by atoms with van der Waals surface area (Å²) in [6.45, 7) is 4.20. The summed E-state index contributed by atoms with van der Waals surface area (Å²) in [7, 11) is 0. The van der Waals surface area contributed by atoms with E-state index in [1.807, 2.05) is 6.92 Å². The first-order valence-corrected chi connectivity index (χ1v) is 7.20. The van der Waals surface area contributed by atoms with Crippen LogP contribution in [0.3, 0.4) is 0 Å². The number of halogens is 1. The van der Waals surface area contributed by atoms with Gasteiger partial charge in [-0.2, -0.15) is 0 Å². The van der Waals surface area contributed by atoms with Crippen molar-refractivity contribution in [1.29, 1.82) is 0 Å². The number of nitro benzene ring substituents is 1. The van der Waals surface area contributed by atoms with Crippen molar-refractivity contribution in [2.45, 2.75) is 25.8 Å². The number of carbonyl (C=O) groups is 1. The fourth-order valence-corrected chi connectivity index (χ4v) is 2.03. The normalized spacial score (nSPS) is 13.5. The van der Waals surface area contributed by atoms with Gasteiger partial charge >= 0.3 is 0 Å². The van der Waals surface area contributed by atoms with E-state index in [2.05, 4.69) is 21.2 Å². The Labute approximate surface area is 131 Å². The van der Waals surface area contributed by atoms with Crippen molar-refractivity contribution < 1.29 is 14.5 Å². The number of ether oxygens (including phenoxy) is 1. The smallest absolute Gasteiger partial charge is 0.274 e. The van der Waals surface area contributed by atoms with Gasteiger partial charge in [0.15, 0.2) is 0 Å². The maximum Gasteiger partial charge on any atom is 0.274 e. The molecule has 0 spiro atoms. The second kappa shape index (κ2) is 7.37. The van der Waals surface area contributed by atoms with Gasteiger partial charge in [-0.05, 0) is 26.0 Å². The van der Waals surface area contributed by atoms with Crippen LogP contribution >= 0.6 is 15.9 Å². The Kier molecular flexibility index (Phi) is 6.10. The van der Waals surface area contributed by atoms with Gasteiger partial charge in [-0.25, -0.2) is 0 Å². The lowest BCUT2D eigenvalue weighted by Gasteiger charge is -2.27. The molecule has 7 nitrogen and oxygen atoms in total. The van der Waals surface area contributed by atoms with Crippen molar-refractivity contribution in [2.75, 3.05) is 13.2 Å². The fraction of sp³-hybridized carbons (Fsp3) is 0.462. The van der Waals surface area contributed by atoms with Gasteiger partial charge in [-0.15, -0.1) is 0 Å². The molecule has 8 heteroatoms. The van der Waals surface area contributed by atoms with E-state index in [1.54, 1.807) is 13.0 Å². The van der Waals surface area contributed by atoms with E-state index in [1.165, 1.54) is 12.1 Å². The molecule has 21 heavy (non-hydrogen) atoms. The highest BCUT2D eigenvalue weighted by atomic mass is 79.9. The standard InChI is InChI=1S/C13H18BrN3O4/c1-3-4-16-13(2,12(15)18)8-21-11-6-9(14)5-10(7-11)17(19)20/h5-7,16H,3-4,8H2,1-2H3,(H2,15,18). The Morgan fingerprint density at radius 3 is 2.71 bits per heavy atom. The fourth-order valence-electron chi connectivity index (χ4n) is 1.57. The zero-order valence-electron chi connectivity index (χ0n) is 11.9. The number of hydrogen-bond acceptors (Lipinski definition) is 5. The molecule has 0 heterocycles. The summed E-state index contributed by atoms with van der Waals surface area (Å²) in [5.74, 6) is -0.248. The number of carbonyl (C=O) groups excluding carboxylic acids is 1. The Morgan fingerprint density at radius 1 is 1.52 bits per heavy atom. The predicted octanol–water partition coefficient (Wildman–Crippen LogP) is 1.98. The van der Waals surface area contributed by atoms with Gasteiger partial charge in [0.1, 0.15) is 17.9 Å². The molecule has 1 amide bonds. The van der Waals surface area contributed by atoms with Crippen molar-refractivity contribution in [3.8, 4) is 5.75 Å². The average molecular weight is 360 g/mol. The summed E-state index contributed by atoms with van der Waals surface area (Å²) >= 11 is 3.18. The first-order chi connectivity index (χ1) is 9.78. The first-order valence-electron chi connectivity index (χ1n) is 6.41. The van der Waals surface area contributed by atoms with Crippen molar-refractivity contribution in [2.24, 2.45) is 5.73 Å². The number of nitrogens with two attached hydrogens (primary N) is 1. The zero-order chi connectivity index (χ0) is 16.0. The van der Waals surface area contributed by atoms with Crippen LogP contribution in [0.4, 0.5) is 5.69 Å². The number of nitro groups is 1. The second-order valence-corrected chi connectivity index (χ2v) is 5.73. The van der Waals surface area contributed by atoms with Gasteiger partial charge in [0, 0.05) is 10.5 Å². The van der Waals surface area contributed by atoms with Crippen LogP contribution < -0.4 is 15.8 Å². The number of non-ortho nitro benzene ring substituents is 1. The highest BCUT2D eigenvalue weighted by Crippen LogP contribution is 2.26. The van der Waals surface area contributed by atoms with Crippen LogP contribution in [0.5, 0.6) is 5.75 Å². The van der Waals surface area contributed by atoms with Crippen LogP contribution in [-0.4, -0.2) is 29.5 Å². The van der Waals surface area contributed by atoms with Crippen molar-refractivity contribution in [1.82, 2.24) is 5.32 Å². The Bertz CT molecular complexity index is 538. The third-order valence-corrected chi connectivity index (χ3v) is 3.36. The van der Waals surface area contributed by atoms with E-state index in [9.17, 15) is 14.9 Å². The number of amides is 1. The number of hydrogen-bond donors (Lipinski definition) is 2. The molecule has 0 radical (unpaired) electrons. The predicted molar refractivity (Wildman–Crippen MR) is 82.2 cm³/mol. The summed E-state index contributed by atoms with van der Waals surface area (Å²) in [6, 6.07) is 4.26. The SMILES string of the molecule is CCCNC(C)(COc1cc(Br)cc([N+](=O)[O-])c1)C(N)=O.